The molecule has 2 nitrogen and oxygen atoms in total. The highest BCUT2D eigenvalue weighted by Gasteiger charge is 2.36. The van der Waals surface area contributed by atoms with Gasteiger partial charge in [-0.05, 0) is 18.4 Å². The van der Waals surface area contributed by atoms with Crippen LogP contribution >= 0.6 is 0 Å². The summed E-state index contributed by atoms with van der Waals surface area (Å²) in [6.45, 7) is 4.00. The third-order valence-corrected chi connectivity index (χ3v) is 3.20. The Morgan fingerprint density at radius 1 is 1.12 bits per heavy atom. The minimum atomic E-state index is -0.421. The number of benzene rings is 1. The zero-order valence-electron chi connectivity index (χ0n) is 10.6. The van der Waals surface area contributed by atoms with E-state index in [9.17, 15) is 10.1 Å². The third kappa shape index (κ3) is 2.94. The van der Waals surface area contributed by atoms with Gasteiger partial charge in [-0.15, -0.1) is 0 Å². The minimum Gasteiger partial charge on any atom is -0.300 e. The zero-order chi connectivity index (χ0) is 12.7. The van der Waals surface area contributed by atoms with Gasteiger partial charge in [-0.25, -0.2) is 0 Å². The maximum atomic E-state index is 11.2. The summed E-state index contributed by atoms with van der Waals surface area (Å²) in [6.07, 6.45) is 2.43. The van der Waals surface area contributed by atoms with E-state index in [1.54, 1.807) is 0 Å². The Morgan fingerprint density at radius 3 is 2.12 bits per heavy atom. The molecule has 0 heterocycles. The van der Waals surface area contributed by atoms with Crippen LogP contribution in [0.3, 0.4) is 0 Å². The number of Topliss-reactive ketones (excluding diaryl/α,β-unsaturated/α-hetero) is 1. The lowest BCUT2D eigenvalue weighted by Gasteiger charge is -2.30. The Balaban J connectivity index is 0.000000686. The molecule has 0 spiro atoms. The molecule has 2 rings (SSSR count). The molecule has 0 radical (unpaired) electrons. The van der Waals surface area contributed by atoms with Gasteiger partial charge in [0.05, 0.1) is 11.5 Å². The van der Waals surface area contributed by atoms with Gasteiger partial charge < -0.3 is 0 Å². The Morgan fingerprint density at radius 2 is 1.65 bits per heavy atom. The van der Waals surface area contributed by atoms with E-state index in [1.165, 1.54) is 0 Å². The second-order valence-corrected chi connectivity index (χ2v) is 4.10. The molecular formula is C15H19NO. The Hall–Kier alpha value is -1.62. The van der Waals surface area contributed by atoms with E-state index in [-0.39, 0.29) is 5.78 Å². The minimum absolute atomic E-state index is 0.289. The first kappa shape index (κ1) is 13.4. The van der Waals surface area contributed by atoms with Gasteiger partial charge in [0.15, 0.2) is 0 Å². The van der Waals surface area contributed by atoms with Crippen molar-refractivity contribution in [3.05, 3.63) is 35.9 Å². The van der Waals surface area contributed by atoms with Crippen molar-refractivity contribution in [3.63, 3.8) is 0 Å². The third-order valence-electron chi connectivity index (χ3n) is 3.20. The summed E-state index contributed by atoms with van der Waals surface area (Å²) in [6, 6.07) is 12.2. The number of carbonyl (C=O) groups excluding carboxylic acids is 1. The number of ketones is 1. The summed E-state index contributed by atoms with van der Waals surface area (Å²) in [4.78, 5) is 11.2. The van der Waals surface area contributed by atoms with Gasteiger partial charge in [-0.1, -0.05) is 44.2 Å². The number of carbonyl (C=O) groups is 1. The average Bonchev–Trinajstić information content (AvgIpc) is 2.43. The second kappa shape index (κ2) is 6.20. The van der Waals surface area contributed by atoms with Crippen LogP contribution in [0, 0.1) is 11.3 Å². The van der Waals surface area contributed by atoms with Crippen LogP contribution in [0.15, 0.2) is 30.3 Å². The fourth-order valence-corrected chi connectivity index (χ4v) is 2.18. The molecule has 0 amide bonds. The number of nitriles is 1. The second-order valence-electron chi connectivity index (χ2n) is 4.10. The van der Waals surface area contributed by atoms with Crippen molar-refractivity contribution < 1.29 is 4.79 Å². The van der Waals surface area contributed by atoms with Gasteiger partial charge in [-0.2, -0.15) is 5.26 Å². The van der Waals surface area contributed by atoms with E-state index < -0.39 is 5.41 Å². The first-order valence-corrected chi connectivity index (χ1v) is 6.25. The van der Waals surface area contributed by atoms with E-state index in [1.807, 2.05) is 44.2 Å². The van der Waals surface area contributed by atoms with Crippen molar-refractivity contribution in [2.24, 2.45) is 0 Å². The van der Waals surface area contributed by atoms with Gasteiger partial charge in [0.1, 0.15) is 5.78 Å². The van der Waals surface area contributed by atoms with Crippen LogP contribution in [-0.2, 0) is 10.2 Å². The van der Waals surface area contributed by atoms with Crippen molar-refractivity contribution in [1.29, 1.82) is 5.26 Å². The summed E-state index contributed by atoms with van der Waals surface area (Å²) in [5.74, 6) is 0.289. The van der Waals surface area contributed by atoms with Crippen molar-refractivity contribution in [2.45, 2.75) is 44.9 Å². The standard InChI is InChI=1S/C13H13NO.C2H6/c14-10-13(8-6-12(15)7-9-13)11-4-2-1-3-5-11;1-2/h1-5H,6-9H2;1-2H3. The lowest BCUT2D eigenvalue weighted by molar-refractivity contribution is -0.120. The molecular weight excluding hydrogens is 210 g/mol. The Bertz CT molecular complexity index is 393. The highest BCUT2D eigenvalue weighted by molar-refractivity contribution is 5.80. The predicted octanol–water partition coefficient (Wildman–Crippen LogP) is 3.62. The molecule has 0 unspecified atom stereocenters. The Labute approximate surface area is 103 Å². The molecule has 0 N–H and O–H groups in total. The molecule has 90 valence electrons. The maximum absolute atomic E-state index is 11.2. The SMILES string of the molecule is CC.N#CC1(c2ccccc2)CCC(=O)CC1. The molecule has 1 aliphatic carbocycles. The highest BCUT2D eigenvalue weighted by atomic mass is 16.1. The number of hydrogen-bond acceptors (Lipinski definition) is 2. The lowest BCUT2D eigenvalue weighted by atomic mass is 9.70. The summed E-state index contributed by atoms with van der Waals surface area (Å²) in [5, 5.41) is 9.32. The van der Waals surface area contributed by atoms with Crippen molar-refractivity contribution >= 4 is 5.78 Å². The molecule has 1 aromatic carbocycles. The van der Waals surface area contributed by atoms with Gasteiger partial charge >= 0.3 is 0 Å². The zero-order valence-corrected chi connectivity index (χ0v) is 10.6. The molecule has 2 heteroatoms. The average molecular weight is 229 g/mol. The van der Waals surface area contributed by atoms with E-state index >= 15 is 0 Å². The van der Waals surface area contributed by atoms with Gasteiger partial charge in [-0.3, -0.25) is 4.79 Å². The highest BCUT2D eigenvalue weighted by Crippen LogP contribution is 2.37. The topological polar surface area (TPSA) is 40.9 Å². The van der Waals surface area contributed by atoms with E-state index in [2.05, 4.69) is 6.07 Å². The molecule has 17 heavy (non-hydrogen) atoms. The smallest absolute Gasteiger partial charge is 0.133 e. The van der Waals surface area contributed by atoms with E-state index in [0.717, 1.165) is 5.56 Å². The number of rotatable bonds is 1. The molecule has 1 saturated carbocycles. The summed E-state index contributed by atoms with van der Waals surface area (Å²) < 4.78 is 0. The number of hydrogen-bond donors (Lipinski definition) is 0. The van der Waals surface area contributed by atoms with Crippen LogP contribution < -0.4 is 0 Å². The van der Waals surface area contributed by atoms with Crippen molar-refractivity contribution in [3.8, 4) is 6.07 Å². The van der Waals surface area contributed by atoms with Crippen LogP contribution in [0.4, 0.5) is 0 Å². The summed E-state index contributed by atoms with van der Waals surface area (Å²) >= 11 is 0. The van der Waals surface area contributed by atoms with Gasteiger partial charge in [0.2, 0.25) is 0 Å². The Kier molecular flexibility index (Phi) is 4.90. The predicted molar refractivity (Wildman–Crippen MR) is 68.6 cm³/mol. The van der Waals surface area contributed by atoms with Crippen LogP contribution in [0.1, 0.15) is 45.1 Å². The fraction of sp³-hybridized carbons (Fsp3) is 0.467. The van der Waals surface area contributed by atoms with E-state index in [0.29, 0.717) is 25.7 Å². The van der Waals surface area contributed by atoms with Crippen LogP contribution in [0.2, 0.25) is 0 Å². The first-order chi connectivity index (χ1) is 8.27. The normalized spacial score (nSPS) is 17.6. The molecule has 0 saturated heterocycles. The molecule has 1 aromatic rings. The molecule has 0 aliphatic heterocycles. The van der Waals surface area contributed by atoms with E-state index in [4.69, 9.17) is 0 Å². The quantitative estimate of drug-likeness (QED) is 0.738. The molecule has 0 aromatic heterocycles. The summed E-state index contributed by atoms with van der Waals surface area (Å²) in [7, 11) is 0. The monoisotopic (exact) mass is 229 g/mol. The van der Waals surface area contributed by atoms with Gasteiger partial charge in [0.25, 0.3) is 0 Å². The van der Waals surface area contributed by atoms with Crippen LogP contribution in [0.5, 0.6) is 0 Å². The van der Waals surface area contributed by atoms with Crippen molar-refractivity contribution in [1.82, 2.24) is 0 Å². The van der Waals surface area contributed by atoms with Crippen LogP contribution in [0.25, 0.3) is 0 Å². The molecule has 0 atom stereocenters. The molecule has 1 fully saturated rings. The van der Waals surface area contributed by atoms with Gasteiger partial charge in [0, 0.05) is 12.8 Å². The fourth-order valence-electron chi connectivity index (χ4n) is 2.18. The lowest BCUT2D eigenvalue weighted by Crippen LogP contribution is -2.30. The largest absolute Gasteiger partial charge is 0.300 e. The maximum Gasteiger partial charge on any atom is 0.133 e. The number of nitrogens with zero attached hydrogens (tertiary/aromatic N) is 1. The van der Waals surface area contributed by atoms with Crippen molar-refractivity contribution in [2.75, 3.05) is 0 Å². The molecule has 0 bridgehead atoms. The van der Waals surface area contributed by atoms with Crippen LogP contribution in [-0.4, -0.2) is 5.78 Å². The summed E-state index contributed by atoms with van der Waals surface area (Å²) in [5.41, 5.74) is 0.634. The molecule has 1 aliphatic rings. The first-order valence-electron chi connectivity index (χ1n) is 6.25.